The van der Waals surface area contributed by atoms with Crippen molar-refractivity contribution in [1.29, 1.82) is 0 Å². The zero-order chi connectivity index (χ0) is 22.7. The molecule has 180 valence electrons. The highest BCUT2D eigenvalue weighted by Gasteiger charge is 2.38. The zero-order valence-electron chi connectivity index (χ0n) is 19.3. The summed E-state index contributed by atoms with van der Waals surface area (Å²) in [5.74, 6) is 0.427. The van der Waals surface area contributed by atoms with Gasteiger partial charge in [0.05, 0.1) is 35.7 Å². The van der Waals surface area contributed by atoms with Gasteiger partial charge in [-0.15, -0.1) is 0 Å². The lowest BCUT2D eigenvalue weighted by Crippen LogP contribution is -3.16. The molecular weight excluding hydrogens is 479 g/mol. The molecule has 0 aromatic heterocycles. The van der Waals surface area contributed by atoms with E-state index in [0.29, 0.717) is 16.0 Å². The predicted octanol–water partition coefficient (Wildman–Crippen LogP) is 0.665. The molecule has 0 spiro atoms. The van der Waals surface area contributed by atoms with Gasteiger partial charge < -0.3 is 22.2 Å². The van der Waals surface area contributed by atoms with E-state index in [4.69, 9.17) is 23.2 Å². The summed E-state index contributed by atoms with van der Waals surface area (Å²) < 4.78 is 0. The highest BCUT2D eigenvalue weighted by molar-refractivity contribution is 6.42. The number of nitrogens with zero attached hydrogens (tertiary/aromatic N) is 3. The van der Waals surface area contributed by atoms with Crippen LogP contribution in [0.2, 0.25) is 10.0 Å². The van der Waals surface area contributed by atoms with Crippen LogP contribution in [0.25, 0.3) is 0 Å². The molecule has 1 unspecified atom stereocenters. The van der Waals surface area contributed by atoms with Gasteiger partial charge in [-0.2, -0.15) is 0 Å². The number of carbonyl (C=O) groups excluding carboxylic acids is 1. The Hall–Kier alpha value is -1.50. The summed E-state index contributed by atoms with van der Waals surface area (Å²) in [5, 5.41) is 1.22. The predicted molar refractivity (Wildman–Crippen MR) is 132 cm³/mol. The lowest BCUT2D eigenvalue weighted by molar-refractivity contribution is -0.906. The first-order valence-electron chi connectivity index (χ1n) is 11.6. The molecule has 2 fully saturated rings. The SMILES string of the molecule is CC(C)C(C[NH+]1CCN(Cc2ccc(Cl)c(Cl)c2)CC1)N1CCN(c2ccccc2)C1=O.[Cl-]. The number of piperazine rings is 1. The first-order chi connectivity index (χ1) is 15.4. The molecule has 2 aliphatic heterocycles. The fourth-order valence-electron chi connectivity index (χ4n) is 4.84. The molecular formula is C25H33Cl3N4O. The van der Waals surface area contributed by atoms with Crippen LogP contribution in [0.15, 0.2) is 48.5 Å². The van der Waals surface area contributed by atoms with Crippen molar-refractivity contribution in [1.82, 2.24) is 9.80 Å². The number of anilines is 1. The Balaban J connectivity index is 0.00000306. The quantitative estimate of drug-likeness (QED) is 0.592. The van der Waals surface area contributed by atoms with E-state index in [0.717, 1.165) is 58.0 Å². The third-order valence-corrected chi connectivity index (χ3v) is 7.47. The second-order valence-corrected chi connectivity index (χ2v) is 10.1. The van der Waals surface area contributed by atoms with Gasteiger partial charge in [-0.25, -0.2) is 4.79 Å². The molecule has 8 heteroatoms. The molecule has 2 aromatic carbocycles. The van der Waals surface area contributed by atoms with E-state index in [9.17, 15) is 4.79 Å². The Kier molecular flexibility index (Phi) is 9.31. The van der Waals surface area contributed by atoms with Crippen molar-refractivity contribution in [2.75, 3.05) is 50.7 Å². The lowest BCUT2D eigenvalue weighted by Gasteiger charge is -2.37. The van der Waals surface area contributed by atoms with Crippen LogP contribution in [0.1, 0.15) is 19.4 Å². The first-order valence-corrected chi connectivity index (χ1v) is 12.3. The van der Waals surface area contributed by atoms with E-state index >= 15 is 0 Å². The normalized spacial score (nSPS) is 18.6. The number of hydrogen-bond acceptors (Lipinski definition) is 2. The molecule has 2 heterocycles. The molecule has 2 aliphatic rings. The van der Waals surface area contributed by atoms with Crippen molar-refractivity contribution < 1.29 is 22.1 Å². The van der Waals surface area contributed by atoms with Crippen LogP contribution in [0, 0.1) is 5.92 Å². The van der Waals surface area contributed by atoms with Gasteiger partial charge in [-0.05, 0) is 35.7 Å². The van der Waals surface area contributed by atoms with Gasteiger partial charge in [-0.1, -0.05) is 61.3 Å². The fraction of sp³-hybridized carbons (Fsp3) is 0.480. The van der Waals surface area contributed by atoms with Gasteiger partial charge in [0.25, 0.3) is 0 Å². The second kappa shape index (κ2) is 11.8. The monoisotopic (exact) mass is 510 g/mol. The van der Waals surface area contributed by atoms with Crippen LogP contribution in [0.3, 0.4) is 0 Å². The van der Waals surface area contributed by atoms with Gasteiger partial charge in [0.1, 0.15) is 0 Å². The number of amides is 2. The standard InChI is InChI=1S/C25H32Cl2N4O.ClH/c1-19(2)24(31-15-14-30(25(31)32)21-6-4-3-5-7-21)18-29-12-10-28(11-13-29)17-20-8-9-22(26)23(27)16-20;/h3-9,16,19,24H,10-15,17-18H2,1-2H3;1H. The van der Waals surface area contributed by atoms with E-state index in [1.807, 2.05) is 47.4 Å². The topological polar surface area (TPSA) is 31.2 Å². The maximum absolute atomic E-state index is 13.2. The summed E-state index contributed by atoms with van der Waals surface area (Å²) in [5.41, 5.74) is 2.19. The van der Waals surface area contributed by atoms with Crippen LogP contribution in [-0.4, -0.2) is 67.7 Å². The van der Waals surface area contributed by atoms with Crippen molar-refractivity contribution in [3.05, 3.63) is 64.1 Å². The molecule has 4 rings (SSSR count). The Morgan fingerprint density at radius 1 is 0.939 bits per heavy atom. The number of hydrogen-bond donors (Lipinski definition) is 1. The van der Waals surface area contributed by atoms with E-state index in [1.54, 1.807) is 4.90 Å². The van der Waals surface area contributed by atoms with Crippen LogP contribution in [0.4, 0.5) is 10.5 Å². The highest BCUT2D eigenvalue weighted by Crippen LogP contribution is 2.24. The number of rotatable bonds is 7. The molecule has 0 radical (unpaired) electrons. The number of benzene rings is 2. The molecule has 1 atom stereocenters. The molecule has 2 aromatic rings. The van der Waals surface area contributed by atoms with Crippen LogP contribution in [-0.2, 0) is 6.54 Å². The van der Waals surface area contributed by atoms with E-state index in [1.165, 1.54) is 5.56 Å². The Bertz CT molecular complexity index is 919. The van der Waals surface area contributed by atoms with Crippen LogP contribution in [0.5, 0.6) is 0 Å². The molecule has 5 nitrogen and oxygen atoms in total. The largest absolute Gasteiger partial charge is 1.00 e. The van der Waals surface area contributed by atoms with E-state index in [-0.39, 0.29) is 24.5 Å². The summed E-state index contributed by atoms with van der Waals surface area (Å²) in [6, 6.07) is 16.3. The maximum Gasteiger partial charge on any atom is 0.325 e. The van der Waals surface area contributed by atoms with Crippen molar-refractivity contribution in [2.24, 2.45) is 5.92 Å². The average Bonchev–Trinajstić information content (AvgIpc) is 3.17. The maximum atomic E-state index is 13.2. The molecule has 1 N–H and O–H groups in total. The average molecular weight is 512 g/mol. The molecule has 2 amide bonds. The number of urea groups is 1. The van der Waals surface area contributed by atoms with Gasteiger partial charge >= 0.3 is 6.03 Å². The first kappa shape index (κ1) is 26.1. The van der Waals surface area contributed by atoms with Gasteiger partial charge in [0.2, 0.25) is 0 Å². The molecule has 0 saturated carbocycles. The van der Waals surface area contributed by atoms with Crippen LogP contribution < -0.4 is 22.2 Å². The summed E-state index contributed by atoms with van der Waals surface area (Å²) in [6.45, 7) is 12.2. The Morgan fingerprint density at radius 3 is 2.27 bits per heavy atom. The molecule has 0 aliphatic carbocycles. The number of quaternary nitrogens is 1. The van der Waals surface area contributed by atoms with Gasteiger partial charge in [0, 0.05) is 38.4 Å². The Morgan fingerprint density at radius 2 is 1.64 bits per heavy atom. The number of carbonyl (C=O) groups is 1. The van der Waals surface area contributed by atoms with E-state index in [2.05, 4.69) is 29.7 Å². The Labute approximate surface area is 213 Å². The third kappa shape index (κ3) is 6.34. The van der Waals surface area contributed by atoms with Gasteiger partial charge in [-0.3, -0.25) is 9.80 Å². The smallest absolute Gasteiger partial charge is 0.325 e. The minimum atomic E-state index is 0. The van der Waals surface area contributed by atoms with Crippen molar-refractivity contribution in [3.8, 4) is 0 Å². The third-order valence-electron chi connectivity index (χ3n) is 6.73. The fourth-order valence-corrected chi connectivity index (χ4v) is 5.16. The minimum Gasteiger partial charge on any atom is -1.00 e. The number of para-hydroxylation sites is 1. The van der Waals surface area contributed by atoms with E-state index < -0.39 is 0 Å². The molecule has 33 heavy (non-hydrogen) atoms. The lowest BCUT2D eigenvalue weighted by atomic mass is 10.0. The summed E-state index contributed by atoms with van der Waals surface area (Å²) in [7, 11) is 0. The molecule has 0 bridgehead atoms. The van der Waals surface area contributed by atoms with Crippen molar-refractivity contribution in [2.45, 2.75) is 26.4 Å². The zero-order valence-corrected chi connectivity index (χ0v) is 21.6. The second-order valence-electron chi connectivity index (χ2n) is 9.25. The summed E-state index contributed by atoms with van der Waals surface area (Å²) >= 11 is 12.2. The summed E-state index contributed by atoms with van der Waals surface area (Å²) in [6.07, 6.45) is 0. The van der Waals surface area contributed by atoms with Crippen molar-refractivity contribution in [3.63, 3.8) is 0 Å². The number of halogens is 3. The van der Waals surface area contributed by atoms with Crippen LogP contribution >= 0.6 is 23.2 Å². The molecule has 2 saturated heterocycles. The van der Waals surface area contributed by atoms with Crippen molar-refractivity contribution >= 4 is 34.9 Å². The minimum absolute atomic E-state index is 0. The highest BCUT2D eigenvalue weighted by atomic mass is 35.5. The number of nitrogens with one attached hydrogen (secondary N) is 1. The summed E-state index contributed by atoms with van der Waals surface area (Å²) in [4.78, 5) is 21.3. The van der Waals surface area contributed by atoms with Gasteiger partial charge in [0.15, 0.2) is 0 Å².